The highest BCUT2D eigenvalue weighted by Gasteiger charge is 2.11. The van der Waals surface area contributed by atoms with Gasteiger partial charge in [0.1, 0.15) is 0 Å². The van der Waals surface area contributed by atoms with Crippen LogP contribution in [0.5, 0.6) is 0 Å². The van der Waals surface area contributed by atoms with Gasteiger partial charge in [-0.2, -0.15) is 0 Å². The Morgan fingerprint density at radius 2 is 2.08 bits per heavy atom. The second kappa shape index (κ2) is 8.05. The van der Waals surface area contributed by atoms with Gasteiger partial charge in [0.15, 0.2) is 0 Å². The monoisotopic (exact) mass is 187 g/mol. The van der Waals surface area contributed by atoms with E-state index in [9.17, 15) is 4.79 Å². The fourth-order valence-electron chi connectivity index (χ4n) is 1.16. The molecule has 0 spiro atoms. The first-order chi connectivity index (χ1) is 6.24. The van der Waals surface area contributed by atoms with Crippen LogP contribution in [0.25, 0.3) is 0 Å². The Bertz CT molecular complexity index is 137. The lowest BCUT2D eigenvalue weighted by molar-refractivity contribution is -0.123. The highest BCUT2D eigenvalue weighted by atomic mass is 16.5. The van der Waals surface area contributed by atoms with Crippen molar-refractivity contribution >= 4 is 5.91 Å². The number of hydrogen-bond acceptors (Lipinski definition) is 2. The van der Waals surface area contributed by atoms with Gasteiger partial charge in [0.05, 0.1) is 12.5 Å². The Hall–Kier alpha value is -0.570. The van der Waals surface area contributed by atoms with Gasteiger partial charge in [0.25, 0.3) is 0 Å². The average molecular weight is 187 g/mol. The molecule has 0 bridgehead atoms. The Morgan fingerprint density at radius 3 is 2.54 bits per heavy atom. The van der Waals surface area contributed by atoms with Crippen LogP contribution in [-0.4, -0.2) is 25.7 Å². The van der Waals surface area contributed by atoms with Gasteiger partial charge < -0.3 is 10.1 Å². The first-order valence-corrected chi connectivity index (χ1v) is 5.06. The van der Waals surface area contributed by atoms with Crippen LogP contribution in [0.3, 0.4) is 0 Å². The zero-order chi connectivity index (χ0) is 10.1. The van der Waals surface area contributed by atoms with Crippen LogP contribution in [0.15, 0.2) is 0 Å². The van der Waals surface area contributed by atoms with E-state index in [2.05, 4.69) is 19.2 Å². The molecule has 0 heterocycles. The SMILES string of the molecule is CCCOC(CCC)CC(=O)NC. The molecule has 1 unspecified atom stereocenters. The topological polar surface area (TPSA) is 38.3 Å². The van der Waals surface area contributed by atoms with Crippen molar-refractivity contribution in [3.05, 3.63) is 0 Å². The van der Waals surface area contributed by atoms with Crippen LogP contribution < -0.4 is 5.32 Å². The highest BCUT2D eigenvalue weighted by Crippen LogP contribution is 2.07. The molecule has 0 aromatic heterocycles. The van der Waals surface area contributed by atoms with Crippen molar-refractivity contribution in [3.8, 4) is 0 Å². The first-order valence-electron chi connectivity index (χ1n) is 5.06. The molecule has 1 atom stereocenters. The third-order valence-corrected chi connectivity index (χ3v) is 1.86. The minimum atomic E-state index is 0.0644. The molecule has 3 nitrogen and oxygen atoms in total. The molecular formula is C10H21NO2. The van der Waals surface area contributed by atoms with E-state index >= 15 is 0 Å². The first kappa shape index (κ1) is 12.4. The van der Waals surface area contributed by atoms with Crippen molar-refractivity contribution in [1.82, 2.24) is 5.32 Å². The molecular weight excluding hydrogens is 166 g/mol. The molecule has 0 aromatic carbocycles. The number of ether oxygens (including phenoxy) is 1. The Balaban J connectivity index is 3.71. The third-order valence-electron chi connectivity index (χ3n) is 1.86. The predicted octanol–water partition coefficient (Wildman–Crippen LogP) is 1.72. The quantitative estimate of drug-likeness (QED) is 0.659. The van der Waals surface area contributed by atoms with E-state index in [1.807, 2.05) is 0 Å². The van der Waals surface area contributed by atoms with Gasteiger partial charge in [0, 0.05) is 13.7 Å². The van der Waals surface area contributed by atoms with Crippen LogP contribution in [0.4, 0.5) is 0 Å². The van der Waals surface area contributed by atoms with Gasteiger partial charge in [0.2, 0.25) is 5.91 Å². The fraction of sp³-hybridized carbons (Fsp3) is 0.900. The van der Waals surface area contributed by atoms with Crippen molar-refractivity contribution < 1.29 is 9.53 Å². The summed E-state index contributed by atoms with van der Waals surface area (Å²) in [6.07, 6.45) is 3.63. The summed E-state index contributed by atoms with van der Waals surface area (Å²) in [6.45, 7) is 4.93. The standard InChI is InChI=1S/C10H21NO2/c1-4-6-9(13-7-5-2)8-10(12)11-3/h9H,4-8H2,1-3H3,(H,11,12). The smallest absolute Gasteiger partial charge is 0.222 e. The summed E-state index contributed by atoms with van der Waals surface area (Å²) in [5.74, 6) is 0.0644. The zero-order valence-corrected chi connectivity index (χ0v) is 8.93. The van der Waals surface area contributed by atoms with E-state index in [0.29, 0.717) is 6.42 Å². The molecule has 0 radical (unpaired) electrons. The van der Waals surface area contributed by atoms with Crippen LogP contribution in [0.2, 0.25) is 0 Å². The average Bonchev–Trinajstić information content (AvgIpc) is 2.14. The molecule has 0 rings (SSSR count). The Morgan fingerprint density at radius 1 is 1.38 bits per heavy atom. The summed E-state index contributed by atoms with van der Waals surface area (Å²) in [6, 6.07) is 0. The van der Waals surface area contributed by atoms with E-state index < -0.39 is 0 Å². The second-order valence-electron chi connectivity index (χ2n) is 3.16. The fourth-order valence-corrected chi connectivity index (χ4v) is 1.16. The van der Waals surface area contributed by atoms with Gasteiger partial charge in [-0.25, -0.2) is 0 Å². The summed E-state index contributed by atoms with van der Waals surface area (Å²) in [5, 5.41) is 2.61. The molecule has 0 aromatic rings. The van der Waals surface area contributed by atoms with Crippen LogP contribution >= 0.6 is 0 Å². The maximum atomic E-state index is 11.1. The number of hydrogen-bond donors (Lipinski definition) is 1. The normalized spacial score (nSPS) is 12.5. The Labute approximate surface area is 80.8 Å². The van der Waals surface area contributed by atoms with Gasteiger partial charge >= 0.3 is 0 Å². The number of rotatable bonds is 7. The van der Waals surface area contributed by atoms with Gasteiger partial charge in [-0.05, 0) is 12.8 Å². The van der Waals surface area contributed by atoms with Crippen molar-refractivity contribution in [2.45, 2.75) is 45.6 Å². The lowest BCUT2D eigenvalue weighted by Gasteiger charge is -2.15. The molecule has 0 aliphatic rings. The summed E-state index contributed by atoms with van der Waals surface area (Å²) < 4.78 is 5.54. The maximum absolute atomic E-state index is 11.1. The molecule has 1 N–H and O–H groups in total. The predicted molar refractivity (Wildman–Crippen MR) is 53.6 cm³/mol. The van der Waals surface area contributed by atoms with Crippen LogP contribution in [0, 0.1) is 0 Å². The van der Waals surface area contributed by atoms with Gasteiger partial charge in [-0.1, -0.05) is 20.3 Å². The number of carbonyl (C=O) groups is 1. The molecule has 78 valence electrons. The van der Waals surface area contributed by atoms with E-state index in [-0.39, 0.29) is 12.0 Å². The number of amides is 1. The maximum Gasteiger partial charge on any atom is 0.222 e. The van der Waals surface area contributed by atoms with Crippen molar-refractivity contribution in [2.75, 3.05) is 13.7 Å². The summed E-state index contributed by atoms with van der Waals surface area (Å²) in [4.78, 5) is 11.1. The molecule has 0 saturated heterocycles. The van der Waals surface area contributed by atoms with E-state index in [1.54, 1.807) is 7.05 Å². The zero-order valence-electron chi connectivity index (χ0n) is 8.93. The van der Waals surface area contributed by atoms with E-state index in [0.717, 1.165) is 25.9 Å². The third kappa shape index (κ3) is 6.58. The Kier molecular flexibility index (Phi) is 7.69. The molecule has 0 saturated carbocycles. The molecule has 1 amide bonds. The molecule has 0 fully saturated rings. The van der Waals surface area contributed by atoms with E-state index in [1.165, 1.54) is 0 Å². The second-order valence-corrected chi connectivity index (χ2v) is 3.16. The molecule has 0 aliphatic heterocycles. The van der Waals surface area contributed by atoms with Crippen molar-refractivity contribution in [1.29, 1.82) is 0 Å². The minimum absolute atomic E-state index is 0.0644. The number of carbonyl (C=O) groups excluding carboxylic acids is 1. The van der Waals surface area contributed by atoms with Gasteiger partial charge in [-0.3, -0.25) is 4.79 Å². The number of nitrogens with one attached hydrogen (secondary N) is 1. The summed E-state index contributed by atoms with van der Waals surface area (Å²) in [7, 11) is 1.66. The summed E-state index contributed by atoms with van der Waals surface area (Å²) in [5.41, 5.74) is 0. The van der Waals surface area contributed by atoms with Crippen molar-refractivity contribution in [2.24, 2.45) is 0 Å². The lowest BCUT2D eigenvalue weighted by Crippen LogP contribution is -2.25. The molecule has 13 heavy (non-hydrogen) atoms. The van der Waals surface area contributed by atoms with E-state index in [4.69, 9.17) is 4.74 Å². The molecule has 3 heteroatoms. The van der Waals surface area contributed by atoms with Gasteiger partial charge in [-0.15, -0.1) is 0 Å². The summed E-state index contributed by atoms with van der Waals surface area (Å²) >= 11 is 0. The highest BCUT2D eigenvalue weighted by molar-refractivity contribution is 5.75. The molecule has 0 aliphatic carbocycles. The lowest BCUT2D eigenvalue weighted by atomic mass is 10.1. The largest absolute Gasteiger partial charge is 0.378 e. The minimum Gasteiger partial charge on any atom is -0.378 e. The van der Waals surface area contributed by atoms with Crippen molar-refractivity contribution in [3.63, 3.8) is 0 Å². The van der Waals surface area contributed by atoms with Crippen LogP contribution in [0.1, 0.15) is 39.5 Å². The van der Waals surface area contributed by atoms with Crippen LogP contribution in [-0.2, 0) is 9.53 Å².